The highest BCUT2D eigenvalue weighted by Gasteiger charge is 1.94. The second-order valence-electron chi connectivity index (χ2n) is 3.75. The first-order chi connectivity index (χ1) is 6.11. The number of nitrogens with zero attached hydrogens (tertiary/aromatic N) is 1. The molecular formula is C12H23N. The summed E-state index contributed by atoms with van der Waals surface area (Å²) in [6.07, 6.45) is 5.56. The Bertz CT molecular complexity index is 189. The van der Waals surface area contributed by atoms with Crippen molar-refractivity contribution < 1.29 is 0 Å². The lowest BCUT2D eigenvalue weighted by molar-refractivity contribution is 0.720. The Balaban J connectivity index is 4.17. The first-order valence-electron chi connectivity index (χ1n) is 5.31. The lowest BCUT2D eigenvalue weighted by Crippen LogP contribution is -1.96. The van der Waals surface area contributed by atoms with E-state index in [-0.39, 0.29) is 0 Å². The van der Waals surface area contributed by atoms with Crippen LogP contribution in [0.3, 0.4) is 0 Å². The van der Waals surface area contributed by atoms with E-state index in [9.17, 15) is 0 Å². The van der Waals surface area contributed by atoms with Crippen molar-refractivity contribution in [3.63, 3.8) is 0 Å². The smallest absolute Gasteiger partial charge is 0.0468 e. The highest BCUT2D eigenvalue weighted by atomic mass is 14.7. The van der Waals surface area contributed by atoms with Gasteiger partial charge in [0.1, 0.15) is 0 Å². The van der Waals surface area contributed by atoms with Crippen molar-refractivity contribution >= 4 is 6.21 Å². The summed E-state index contributed by atoms with van der Waals surface area (Å²) in [5, 5.41) is 0. The molecule has 0 aliphatic heterocycles. The minimum absolute atomic E-state index is 0.462. The van der Waals surface area contributed by atoms with E-state index in [1.165, 1.54) is 24.0 Å². The fraction of sp³-hybridized carbons (Fsp3) is 0.750. The maximum Gasteiger partial charge on any atom is 0.0468 e. The molecule has 1 heteroatoms. The minimum atomic E-state index is 0.462. The minimum Gasteiger partial charge on any atom is -0.290 e. The predicted octanol–water partition coefficient (Wildman–Crippen LogP) is 3.99. The Morgan fingerprint density at radius 2 is 1.92 bits per heavy atom. The Labute approximate surface area is 83.0 Å². The van der Waals surface area contributed by atoms with Gasteiger partial charge in [-0.05, 0) is 39.2 Å². The van der Waals surface area contributed by atoms with Crippen LogP contribution in [0.2, 0.25) is 0 Å². The third-order valence-corrected chi connectivity index (χ3v) is 2.41. The topological polar surface area (TPSA) is 12.4 Å². The summed E-state index contributed by atoms with van der Waals surface area (Å²) < 4.78 is 0. The van der Waals surface area contributed by atoms with Crippen LogP contribution in [0, 0.1) is 0 Å². The van der Waals surface area contributed by atoms with Gasteiger partial charge in [-0.1, -0.05) is 25.8 Å². The average Bonchev–Trinajstić information content (AvgIpc) is 2.13. The Kier molecular flexibility index (Phi) is 6.56. The molecule has 0 aromatic carbocycles. The Morgan fingerprint density at radius 3 is 2.38 bits per heavy atom. The van der Waals surface area contributed by atoms with Gasteiger partial charge in [0.2, 0.25) is 0 Å². The van der Waals surface area contributed by atoms with Crippen molar-refractivity contribution in [3.05, 3.63) is 11.1 Å². The van der Waals surface area contributed by atoms with Crippen LogP contribution in [-0.2, 0) is 0 Å². The maximum absolute atomic E-state index is 4.46. The molecule has 76 valence electrons. The Hall–Kier alpha value is -0.590. The first kappa shape index (κ1) is 12.4. The summed E-state index contributed by atoms with van der Waals surface area (Å²) in [5.41, 5.74) is 2.80. The van der Waals surface area contributed by atoms with E-state index in [1.807, 2.05) is 6.21 Å². The zero-order valence-electron chi connectivity index (χ0n) is 9.72. The first-order valence-corrected chi connectivity index (χ1v) is 5.31. The van der Waals surface area contributed by atoms with Crippen molar-refractivity contribution in [2.24, 2.45) is 4.99 Å². The highest BCUT2D eigenvalue weighted by molar-refractivity contribution is 5.78. The van der Waals surface area contributed by atoms with E-state index in [0.717, 1.165) is 6.42 Å². The number of hydrogen-bond donors (Lipinski definition) is 0. The monoisotopic (exact) mass is 181 g/mol. The van der Waals surface area contributed by atoms with Gasteiger partial charge in [0.15, 0.2) is 0 Å². The van der Waals surface area contributed by atoms with Crippen LogP contribution in [-0.4, -0.2) is 12.3 Å². The van der Waals surface area contributed by atoms with Gasteiger partial charge in [0, 0.05) is 12.3 Å². The molecule has 0 radical (unpaired) electrons. The van der Waals surface area contributed by atoms with Crippen molar-refractivity contribution in [3.8, 4) is 0 Å². The molecule has 0 aromatic rings. The molecule has 1 atom stereocenters. The van der Waals surface area contributed by atoms with Crippen molar-refractivity contribution in [1.29, 1.82) is 0 Å². The van der Waals surface area contributed by atoms with E-state index < -0.39 is 0 Å². The van der Waals surface area contributed by atoms with Gasteiger partial charge in [0.25, 0.3) is 0 Å². The van der Waals surface area contributed by atoms with E-state index in [4.69, 9.17) is 0 Å². The standard InChI is InChI=1S/C12H23N/c1-6-8-10(3)11(4)9-13-12(5)7-2/h9,12H,6-8H2,1-5H3. The van der Waals surface area contributed by atoms with E-state index in [1.54, 1.807) is 0 Å². The third-order valence-electron chi connectivity index (χ3n) is 2.41. The summed E-state index contributed by atoms with van der Waals surface area (Å²) in [6, 6.07) is 0.462. The Morgan fingerprint density at radius 1 is 1.31 bits per heavy atom. The molecule has 0 saturated carbocycles. The molecule has 0 saturated heterocycles. The lowest BCUT2D eigenvalue weighted by Gasteiger charge is -2.03. The molecule has 1 nitrogen and oxygen atoms in total. The molecule has 0 bridgehead atoms. The van der Waals surface area contributed by atoms with Gasteiger partial charge in [-0.3, -0.25) is 4.99 Å². The fourth-order valence-electron chi connectivity index (χ4n) is 1.03. The van der Waals surface area contributed by atoms with Crippen LogP contribution in [0.1, 0.15) is 53.9 Å². The van der Waals surface area contributed by atoms with Crippen LogP contribution in [0.25, 0.3) is 0 Å². The number of aliphatic imine (C=N–C) groups is 1. The van der Waals surface area contributed by atoms with Crippen molar-refractivity contribution in [1.82, 2.24) is 0 Å². The van der Waals surface area contributed by atoms with Gasteiger partial charge >= 0.3 is 0 Å². The van der Waals surface area contributed by atoms with Gasteiger partial charge in [-0.25, -0.2) is 0 Å². The second kappa shape index (κ2) is 6.88. The van der Waals surface area contributed by atoms with Gasteiger partial charge < -0.3 is 0 Å². The molecule has 0 amide bonds. The second-order valence-corrected chi connectivity index (χ2v) is 3.75. The molecule has 0 aliphatic rings. The number of allylic oxidation sites excluding steroid dienone is 2. The van der Waals surface area contributed by atoms with Crippen LogP contribution in [0.5, 0.6) is 0 Å². The summed E-state index contributed by atoms with van der Waals surface area (Å²) in [4.78, 5) is 4.46. The summed E-state index contributed by atoms with van der Waals surface area (Å²) in [5.74, 6) is 0. The maximum atomic E-state index is 4.46. The third kappa shape index (κ3) is 5.62. The molecule has 0 rings (SSSR count). The van der Waals surface area contributed by atoms with E-state index in [0.29, 0.717) is 6.04 Å². The largest absolute Gasteiger partial charge is 0.290 e. The lowest BCUT2D eigenvalue weighted by atomic mass is 10.1. The molecule has 1 unspecified atom stereocenters. The van der Waals surface area contributed by atoms with Crippen LogP contribution < -0.4 is 0 Å². The van der Waals surface area contributed by atoms with Crippen LogP contribution >= 0.6 is 0 Å². The fourth-order valence-corrected chi connectivity index (χ4v) is 1.03. The molecule has 0 aliphatic carbocycles. The van der Waals surface area contributed by atoms with Crippen molar-refractivity contribution in [2.45, 2.75) is 59.9 Å². The molecule has 0 fully saturated rings. The molecule has 13 heavy (non-hydrogen) atoms. The summed E-state index contributed by atoms with van der Waals surface area (Å²) >= 11 is 0. The zero-order valence-corrected chi connectivity index (χ0v) is 9.72. The molecule has 0 aromatic heterocycles. The SMILES string of the molecule is CCCC(C)=C(C)C=NC(C)CC. The molecular weight excluding hydrogens is 158 g/mol. The summed E-state index contributed by atoms with van der Waals surface area (Å²) in [6.45, 7) is 10.9. The zero-order chi connectivity index (χ0) is 10.3. The number of rotatable bonds is 5. The molecule has 0 spiro atoms. The average molecular weight is 181 g/mol. The quantitative estimate of drug-likeness (QED) is 0.569. The predicted molar refractivity (Wildman–Crippen MR) is 61.5 cm³/mol. The van der Waals surface area contributed by atoms with Crippen LogP contribution in [0.15, 0.2) is 16.1 Å². The van der Waals surface area contributed by atoms with Gasteiger partial charge in [-0.2, -0.15) is 0 Å². The van der Waals surface area contributed by atoms with E-state index in [2.05, 4.69) is 39.6 Å². The van der Waals surface area contributed by atoms with E-state index >= 15 is 0 Å². The van der Waals surface area contributed by atoms with Gasteiger partial charge in [0.05, 0.1) is 0 Å². The van der Waals surface area contributed by atoms with Crippen LogP contribution in [0.4, 0.5) is 0 Å². The molecule has 0 N–H and O–H groups in total. The summed E-state index contributed by atoms with van der Waals surface area (Å²) in [7, 11) is 0. The van der Waals surface area contributed by atoms with Gasteiger partial charge in [-0.15, -0.1) is 0 Å². The number of hydrogen-bond acceptors (Lipinski definition) is 1. The molecule has 0 heterocycles. The highest BCUT2D eigenvalue weighted by Crippen LogP contribution is 2.08. The normalized spacial score (nSPS) is 16.1. The van der Waals surface area contributed by atoms with Crippen molar-refractivity contribution in [2.75, 3.05) is 0 Å².